The van der Waals surface area contributed by atoms with E-state index in [2.05, 4.69) is 56.4 Å². The van der Waals surface area contributed by atoms with E-state index in [-0.39, 0.29) is 24.2 Å². The van der Waals surface area contributed by atoms with Gasteiger partial charge in [-0.15, -0.1) is 12.4 Å². The first kappa shape index (κ1) is 26.6. The van der Waals surface area contributed by atoms with Crippen molar-refractivity contribution in [2.45, 2.75) is 40.3 Å². The maximum Gasteiger partial charge on any atom is 0.223 e. The fourth-order valence-corrected chi connectivity index (χ4v) is 4.15. The Morgan fingerprint density at radius 2 is 1.77 bits per heavy atom. The number of aryl methyl sites for hydroxylation is 1. The van der Waals surface area contributed by atoms with E-state index < -0.39 is 0 Å². The van der Waals surface area contributed by atoms with Crippen molar-refractivity contribution < 1.29 is 4.79 Å². The Hall–Kier alpha value is -2.97. The minimum absolute atomic E-state index is 0. The molecule has 1 fully saturated rings. The highest BCUT2D eigenvalue weighted by Gasteiger charge is 2.22. The fraction of sp³-hybridized carbons (Fsp3) is 0.462. The number of nitrogens with one attached hydrogen (secondary N) is 1. The van der Waals surface area contributed by atoms with Gasteiger partial charge in [0.05, 0.1) is 6.20 Å². The number of hydrogen-bond acceptors (Lipinski definition) is 6. The first-order chi connectivity index (χ1) is 16.5. The third-order valence-electron chi connectivity index (χ3n) is 6.84. The lowest BCUT2D eigenvalue weighted by molar-refractivity contribution is -0.124. The lowest BCUT2D eigenvalue weighted by Gasteiger charge is -2.35. The van der Waals surface area contributed by atoms with Crippen molar-refractivity contribution in [2.24, 2.45) is 13.0 Å². The molecule has 0 radical (unpaired) electrons. The zero-order chi connectivity index (χ0) is 24.1. The van der Waals surface area contributed by atoms with Gasteiger partial charge >= 0.3 is 0 Å². The van der Waals surface area contributed by atoms with Crippen molar-refractivity contribution in [3.8, 4) is 11.3 Å². The molecule has 1 N–H and O–H groups in total. The predicted octanol–water partition coefficient (Wildman–Crippen LogP) is 3.59. The van der Waals surface area contributed by atoms with Crippen LogP contribution in [0.1, 0.15) is 37.1 Å². The van der Waals surface area contributed by atoms with E-state index in [0.717, 1.165) is 61.8 Å². The summed E-state index contributed by atoms with van der Waals surface area (Å²) in [6.07, 6.45) is 6.34. The number of carbonyl (C=O) groups is 1. The van der Waals surface area contributed by atoms with Crippen LogP contribution >= 0.6 is 12.4 Å². The first-order valence-corrected chi connectivity index (χ1v) is 12.1. The Bertz CT molecular complexity index is 1110. The van der Waals surface area contributed by atoms with Crippen LogP contribution in [0.3, 0.4) is 0 Å². The van der Waals surface area contributed by atoms with Gasteiger partial charge in [0, 0.05) is 81.4 Å². The van der Waals surface area contributed by atoms with Gasteiger partial charge in [-0.3, -0.25) is 19.4 Å². The maximum atomic E-state index is 12.1. The summed E-state index contributed by atoms with van der Waals surface area (Å²) in [5, 5.41) is 7.38. The minimum atomic E-state index is 0. The summed E-state index contributed by atoms with van der Waals surface area (Å²) < 4.78 is 1.93. The molecule has 1 aliphatic rings. The molecule has 1 atom stereocenters. The molecule has 188 valence electrons. The number of halogens is 1. The summed E-state index contributed by atoms with van der Waals surface area (Å²) in [6.45, 7) is 11.3. The van der Waals surface area contributed by atoms with E-state index in [1.807, 2.05) is 31.8 Å². The molecule has 1 aliphatic heterocycles. The number of hydrogen-bond donors (Lipinski definition) is 1. The highest BCUT2D eigenvalue weighted by atomic mass is 35.5. The van der Waals surface area contributed by atoms with Gasteiger partial charge in [0.1, 0.15) is 5.69 Å². The number of benzene rings is 1. The summed E-state index contributed by atoms with van der Waals surface area (Å²) in [7, 11) is 1.99. The first-order valence-electron chi connectivity index (χ1n) is 12.1. The molecular formula is C26H36ClN7O. The van der Waals surface area contributed by atoms with Crippen LogP contribution in [0.5, 0.6) is 0 Å². The molecule has 2 aromatic heterocycles. The SMILES string of the molecule is CCC(C)C(=O)NCc1ccc(-c2nccnc2N2CCN(Cc3cnn(C)c3C)CC2)cc1.Cl. The largest absolute Gasteiger partial charge is 0.352 e. The van der Waals surface area contributed by atoms with Crippen LogP contribution in [0, 0.1) is 12.8 Å². The summed E-state index contributed by atoms with van der Waals surface area (Å²) in [5.41, 5.74) is 5.52. The highest BCUT2D eigenvalue weighted by molar-refractivity contribution is 5.85. The number of carbonyl (C=O) groups excluding carboxylic acids is 1. The van der Waals surface area contributed by atoms with Crippen molar-refractivity contribution in [3.63, 3.8) is 0 Å². The van der Waals surface area contributed by atoms with Gasteiger partial charge < -0.3 is 10.2 Å². The Morgan fingerprint density at radius 1 is 1.09 bits per heavy atom. The van der Waals surface area contributed by atoms with E-state index in [0.29, 0.717) is 6.54 Å². The Balaban J connectivity index is 0.00000342. The van der Waals surface area contributed by atoms with Crippen LogP contribution in [-0.2, 0) is 24.9 Å². The molecule has 1 aromatic carbocycles. The average molecular weight is 498 g/mol. The second-order valence-electron chi connectivity index (χ2n) is 9.09. The lowest BCUT2D eigenvalue weighted by Crippen LogP contribution is -2.46. The lowest BCUT2D eigenvalue weighted by atomic mass is 10.1. The monoisotopic (exact) mass is 497 g/mol. The number of piperazine rings is 1. The molecule has 3 heterocycles. The summed E-state index contributed by atoms with van der Waals surface area (Å²) in [4.78, 5) is 26.2. The van der Waals surface area contributed by atoms with Crippen molar-refractivity contribution in [1.82, 2.24) is 30.0 Å². The number of anilines is 1. The van der Waals surface area contributed by atoms with E-state index in [1.165, 1.54) is 11.3 Å². The van der Waals surface area contributed by atoms with Crippen LogP contribution in [-0.4, -0.2) is 56.7 Å². The third-order valence-corrected chi connectivity index (χ3v) is 6.84. The van der Waals surface area contributed by atoms with Gasteiger partial charge in [-0.05, 0) is 18.9 Å². The molecule has 1 amide bonds. The molecule has 0 saturated carbocycles. The van der Waals surface area contributed by atoms with Crippen LogP contribution < -0.4 is 10.2 Å². The molecule has 3 aromatic rings. The molecule has 9 heteroatoms. The van der Waals surface area contributed by atoms with Crippen molar-refractivity contribution in [2.75, 3.05) is 31.1 Å². The smallest absolute Gasteiger partial charge is 0.223 e. The van der Waals surface area contributed by atoms with Gasteiger partial charge in [0.2, 0.25) is 5.91 Å². The number of amides is 1. The zero-order valence-corrected chi connectivity index (χ0v) is 21.9. The summed E-state index contributed by atoms with van der Waals surface area (Å²) in [5.74, 6) is 1.06. The second-order valence-corrected chi connectivity index (χ2v) is 9.09. The molecule has 35 heavy (non-hydrogen) atoms. The molecule has 0 spiro atoms. The van der Waals surface area contributed by atoms with Crippen LogP contribution in [0.4, 0.5) is 5.82 Å². The van der Waals surface area contributed by atoms with Crippen LogP contribution in [0.2, 0.25) is 0 Å². The van der Waals surface area contributed by atoms with Gasteiger partial charge in [-0.2, -0.15) is 5.10 Å². The van der Waals surface area contributed by atoms with Crippen molar-refractivity contribution in [1.29, 1.82) is 0 Å². The molecule has 1 unspecified atom stereocenters. The molecule has 4 rings (SSSR count). The molecule has 8 nitrogen and oxygen atoms in total. The molecule has 0 aliphatic carbocycles. The molecule has 1 saturated heterocycles. The number of aromatic nitrogens is 4. The van der Waals surface area contributed by atoms with E-state index >= 15 is 0 Å². The quantitative estimate of drug-likeness (QED) is 0.512. The van der Waals surface area contributed by atoms with Crippen LogP contribution in [0.15, 0.2) is 42.9 Å². The van der Waals surface area contributed by atoms with Crippen molar-refractivity contribution in [3.05, 3.63) is 59.7 Å². The van der Waals surface area contributed by atoms with Crippen LogP contribution in [0.25, 0.3) is 11.3 Å². The number of rotatable bonds is 8. The minimum Gasteiger partial charge on any atom is -0.352 e. The second kappa shape index (κ2) is 12.1. The van der Waals surface area contributed by atoms with Crippen molar-refractivity contribution >= 4 is 24.1 Å². The van der Waals surface area contributed by atoms with E-state index in [4.69, 9.17) is 4.98 Å². The Morgan fingerprint density at radius 3 is 2.40 bits per heavy atom. The third kappa shape index (κ3) is 6.38. The van der Waals surface area contributed by atoms with Gasteiger partial charge in [-0.25, -0.2) is 4.98 Å². The summed E-state index contributed by atoms with van der Waals surface area (Å²) >= 11 is 0. The zero-order valence-electron chi connectivity index (χ0n) is 21.1. The van der Waals surface area contributed by atoms with Gasteiger partial charge in [0.25, 0.3) is 0 Å². The highest BCUT2D eigenvalue weighted by Crippen LogP contribution is 2.28. The Labute approximate surface area is 214 Å². The number of nitrogens with zero attached hydrogens (tertiary/aromatic N) is 6. The normalized spacial score (nSPS) is 14.9. The van der Waals surface area contributed by atoms with E-state index in [9.17, 15) is 4.79 Å². The summed E-state index contributed by atoms with van der Waals surface area (Å²) in [6, 6.07) is 8.25. The standard InChI is InChI=1S/C26H35N7O.ClH/c1-5-19(2)26(34)29-16-21-6-8-22(9-7-21)24-25(28-11-10-27-24)33-14-12-32(13-15-33)18-23-17-30-31(4)20(23)3;/h6-11,17,19H,5,12-16,18H2,1-4H3,(H,29,34);1H. The fourth-order valence-electron chi connectivity index (χ4n) is 4.15. The van der Waals surface area contributed by atoms with Gasteiger partial charge in [0.15, 0.2) is 5.82 Å². The molecule has 0 bridgehead atoms. The van der Waals surface area contributed by atoms with E-state index in [1.54, 1.807) is 12.4 Å². The Kier molecular flexibility index (Phi) is 9.23. The average Bonchev–Trinajstić information content (AvgIpc) is 3.19. The molecular weight excluding hydrogens is 462 g/mol. The van der Waals surface area contributed by atoms with Gasteiger partial charge in [-0.1, -0.05) is 38.1 Å². The topological polar surface area (TPSA) is 79.2 Å². The predicted molar refractivity (Wildman–Crippen MR) is 141 cm³/mol. The maximum absolute atomic E-state index is 12.1.